The fourth-order valence-electron chi connectivity index (χ4n) is 1.89. The Bertz CT molecular complexity index is 875. The fraction of sp³-hybridized carbons (Fsp3) is 0.267. The summed E-state index contributed by atoms with van der Waals surface area (Å²) in [6, 6.07) is 6.91. The van der Waals surface area contributed by atoms with Crippen molar-refractivity contribution < 1.29 is 27.5 Å². The second-order valence-electron chi connectivity index (χ2n) is 4.74. The van der Waals surface area contributed by atoms with Gasteiger partial charge in [0.25, 0.3) is 10.0 Å². The zero-order valence-corrected chi connectivity index (χ0v) is 14.4. The molecule has 0 unspecified atom stereocenters. The van der Waals surface area contributed by atoms with Crippen LogP contribution in [0.4, 0.5) is 5.69 Å². The average Bonchev–Trinajstić information content (AvgIpc) is 3.06. The number of sulfonamides is 1. The summed E-state index contributed by atoms with van der Waals surface area (Å²) in [6.45, 7) is 3.65. The van der Waals surface area contributed by atoms with Gasteiger partial charge in [-0.3, -0.25) is 9.82 Å². The lowest BCUT2D eigenvalue weighted by molar-refractivity contribution is 0.0512. The number of hydrogen-bond acceptors (Lipinski definition) is 7. The van der Waals surface area contributed by atoms with Gasteiger partial charge in [0.2, 0.25) is 0 Å². The van der Waals surface area contributed by atoms with Crippen LogP contribution in [-0.2, 0) is 19.5 Å². The van der Waals surface area contributed by atoms with Crippen molar-refractivity contribution in [3.8, 4) is 0 Å². The van der Waals surface area contributed by atoms with Gasteiger partial charge in [-0.05, 0) is 32.0 Å². The number of hydrogen-bond donors (Lipinski definition) is 2. The third-order valence-electron chi connectivity index (χ3n) is 2.95. The number of nitrogens with zero attached hydrogens (tertiary/aromatic N) is 1. The van der Waals surface area contributed by atoms with Crippen LogP contribution in [0.25, 0.3) is 0 Å². The van der Waals surface area contributed by atoms with Crippen molar-refractivity contribution in [1.29, 1.82) is 0 Å². The van der Waals surface area contributed by atoms with Crippen LogP contribution < -0.4 is 4.72 Å². The Morgan fingerprint density at radius 3 is 2.48 bits per heavy atom. The van der Waals surface area contributed by atoms with E-state index in [0.717, 1.165) is 6.07 Å². The number of esters is 2. The molecule has 0 bridgehead atoms. The Hall–Kier alpha value is -2.88. The Morgan fingerprint density at radius 2 is 1.80 bits per heavy atom. The van der Waals surface area contributed by atoms with Crippen molar-refractivity contribution >= 4 is 27.6 Å². The smallest absolute Gasteiger partial charge is 0.358 e. The summed E-state index contributed by atoms with van der Waals surface area (Å²) in [6.07, 6.45) is 0. The van der Waals surface area contributed by atoms with Crippen LogP contribution in [-0.4, -0.2) is 43.8 Å². The van der Waals surface area contributed by atoms with Crippen LogP contribution in [0.5, 0.6) is 0 Å². The molecule has 0 saturated heterocycles. The van der Waals surface area contributed by atoms with Crippen molar-refractivity contribution in [2.75, 3.05) is 17.9 Å². The lowest BCUT2D eigenvalue weighted by Gasteiger charge is -2.07. The number of rotatable bonds is 7. The first kappa shape index (κ1) is 18.5. The Morgan fingerprint density at radius 1 is 1.12 bits per heavy atom. The molecule has 0 aliphatic heterocycles. The highest BCUT2D eigenvalue weighted by Gasteiger charge is 2.21. The van der Waals surface area contributed by atoms with Gasteiger partial charge in [0.05, 0.1) is 18.8 Å². The van der Waals surface area contributed by atoms with Crippen molar-refractivity contribution in [3.05, 3.63) is 41.6 Å². The number of anilines is 1. The summed E-state index contributed by atoms with van der Waals surface area (Å²) in [7, 11) is -4.02. The summed E-state index contributed by atoms with van der Waals surface area (Å²) in [4.78, 5) is 23.3. The molecule has 0 spiro atoms. The minimum absolute atomic E-state index is 0.146. The summed E-state index contributed by atoms with van der Waals surface area (Å²) in [5.74, 6) is -1.29. The molecule has 1 heterocycles. The van der Waals surface area contributed by atoms with Gasteiger partial charge in [-0.1, -0.05) is 6.07 Å². The minimum atomic E-state index is -4.02. The Balaban J connectivity index is 2.20. The first-order valence-corrected chi connectivity index (χ1v) is 8.88. The van der Waals surface area contributed by atoms with Gasteiger partial charge in [0, 0.05) is 11.8 Å². The number of aromatic nitrogens is 2. The maximum atomic E-state index is 12.4. The molecule has 134 valence electrons. The fourth-order valence-corrected chi connectivity index (χ4v) is 2.87. The van der Waals surface area contributed by atoms with E-state index in [0.29, 0.717) is 0 Å². The van der Waals surface area contributed by atoms with Crippen LogP contribution in [0.1, 0.15) is 34.7 Å². The number of H-pyrrole nitrogens is 1. The summed E-state index contributed by atoms with van der Waals surface area (Å²) in [5.41, 5.74) is 0.221. The van der Waals surface area contributed by atoms with Gasteiger partial charge in [-0.25, -0.2) is 9.59 Å². The molecule has 10 heteroatoms. The van der Waals surface area contributed by atoms with Gasteiger partial charge in [0.15, 0.2) is 10.7 Å². The first-order chi connectivity index (χ1) is 11.9. The van der Waals surface area contributed by atoms with E-state index in [4.69, 9.17) is 9.47 Å². The topological polar surface area (TPSA) is 127 Å². The number of carbonyl (C=O) groups is 2. The van der Waals surface area contributed by atoms with E-state index in [1.807, 2.05) is 0 Å². The molecule has 0 atom stereocenters. The van der Waals surface area contributed by atoms with E-state index >= 15 is 0 Å². The molecule has 1 aromatic carbocycles. The minimum Gasteiger partial charge on any atom is -0.462 e. The van der Waals surface area contributed by atoms with E-state index in [9.17, 15) is 18.0 Å². The molecular weight excluding hydrogens is 350 g/mol. The zero-order valence-electron chi connectivity index (χ0n) is 13.6. The summed E-state index contributed by atoms with van der Waals surface area (Å²) < 4.78 is 36.6. The molecule has 0 radical (unpaired) electrons. The molecule has 9 nitrogen and oxygen atoms in total. The van der Waals surface area contributed by atoms with Crippen molar-refractivity contribution in [2.24, 2.45) is 0 Å². The van der Waals surface area contributed by atoms with Crippen molar-refractivity contribution in [2.45, 2.75) is 18.9 Å². The predicted octanol–water partition coefficient (Wildman–Crippen LogP) is 1.56. The highest BCUT2D eigenvalue weighted by molar-refractivity contribution is 7.92. The third kappa shape index (κ3) is 4.57. The lowest BCUT2D eigenvalue weighted by atomic mass is 10.2. The van der Waals surface area contributed by atoms with Crippen LogP contribution in [0.3, 0.4) is 0 Å². The number of nitrogens with one attached hydrogen (secondary N) is 2. The molecule has 1 aromatic heterocycles. The molecule has 25 heavy (non-hydrogen) atoms. The molecule has 2 aromatic rings. The van der Waals surface area contributed by atoms with Gasteiger partial charge in [0.1, 0.15) is 0 Å². The SMILES string of the molecule is CCOC(=O)c1cccc(NS(=O)(=O)c2cc(C(=O)OCC)n[nH]2)c1. The van der Waals surface area contributed by atoms with Gasteiger partial charge < -0.3 is 9.47 Å². The zero-order chi connectivity index (χ0) is 18.4. The van der Waals surface area contributed by atoms with Crippen LogP contribution in [0.15, 0.2) is 35.4 Å². The van der Waals surface area contributed by atoms with E-state index in [1.165, 1.54) is 24.3 Å². The van der Waals surface area contributed by atoms with E-state index in [-0.39, 0.29) is 35.2 Å². The van der Waals surface area contributed by atoms with Crippen LogP contribution in [0.2, 0.25) is 0 Å². The molecular formula is C15H17N3O6S. The largest absolute Gasteiger partial charge is 0.462 e. The Labute approximate surface area is 144 Å². The molecule has 0 fully saturated rings. The second kappa shape index (κ2) is 7.79. The van der Waals surface area contributed by atoms with E-state index < -0.39 is 22.0 Å². The van der Waals surface area contributed by atoms with Crippen molar-refractivity contribution in [1.82, 2.24) is 10.2 Å². The summed E-state index contributed by atoms with van der Waals surface area (Å²) >= 11 is 0. The standard InChI is InChI=1S/C15H17N3O6S/c1-3-23-14(19)10-6-5-7-11(8-10)18-25(21,22)13-9-12(16-17-13)15(20)24-4-2/h5-9,18H,3-4H2,1-2H3,(H,16,17). The molecule has 2 rings (SSSR count). The maximum Gasteiger partial charge on any atom is 0.358 e. The normalized spacial score (nSPS) is 11.0. The maximum absolute atomic E-state index is 12.4. The lowest BCUT2D eigenvalue weighted by Crippen LogP contribution is -2.14. The number of ether oxygens (including phenoxy) is 2. The molecule has 0 aliphatic carbocycles. The predicted molar refractivity (Wildman–Crippen MR) is 87.8 cm³/mol. The molecule has 2 N–H and O–H groups in total. The van der Waals surface area contributed by atoms with Gasteiger partial charge >= 0.3 is 11.9 Å². The summed E-state index contributed by atoms with van der Waals surface area (Å²) in [5, 5.41) is 5.58. The highest BCUT2D eigenvalue weighted by Crippen LogP contribution is 2.17. The molecule has 0 saturated carbocycles. The average molecular weight is 367 g/mol. The number of benzene rings is 1. The second-order valence-corrected chi connectivity index (χ2v) is 6.40. The monoisotopic (exact) mass is 367 g/mol. The first-order valence-electron chi connectivity index (χ1n) is 7.40. The van der Waals surface area contributed by atoms with Gasteiger partial charge in [-0.15, -0.1) is 0 Å². The van der Waals surface area contributed by atoms with Crippen molar-refractivity contribution in [3.63, 3.8) is 0 Å². The third-order valence-corrected chi connectivity index (χ3v) is 4.25. The Kier molecular flexibility index (Phi) is 5.75. The quantitative estimate of drug-likeness (QED) is 0.711. The number of aromatic amines is 1. The van der Waals surface area contributed by atoms with Crippen LogP contribution >= 0.6 is 0 Å². The molecule has 0 aliphatic rings. The number of carbonyl (C=O) groups excluding carboxylic acids is 2. The van der Waals surface area contributed by atoms with Gasteiger partial charge in [-0.2, -0.15) is 13.5 Å². The molecule has 0 amide bonds. The van der Waals surface area contributed by atoms with E-state index in [2.05, 4.69) is 14.9 Å². The van der Waals surface area contributed by atoms with E-state index in [1.54, 1.807) is 13.8 Å². The van der Waals surface area contributed by atoms with Crippen LogP contribution in [0, 0.1) is 0 Å². The highest BCUT2D eigenvalue weighted by atomic mass is 32.2.